The molecule has 2 aromatic heterocycles. The molecule has 192 valence electrons. The van der Waals surface area contributed by atoms with Crippen LogP contribution >= 0.6 is 11.3 Å². The van der Waals surface area contributed by atoms with Crippen LogP contribution in [0, 0.1) is 5.92 Å². The highest BCUT2D eigenvalue weighted by molar-refractivity contribution is 7.16. The third-order valence-corrected chi connectivity index (χ3v) is 8.00. The standard InChI is InChI=1S/C23H24F3N5O4S/c24-23(25,26)22-28-8-13(9-29-22)16-10-27-20(36-16)19(33)30-17(12-4-2-1-3-5-12)21(34)31-7-6-15-18(31)14(32)11-35-15/h8-10,12,15,17-18H,1-7,11H2,(H,30,33)/t15-,17?,18-/m1/s1. The molecule has 2 amide bonds. The summed E-state index contributed by atoms with van der Waals surface area (Å²) < 4.78 is 43.7. The lowest BCUT2D eigenvalue weighted by Crippen LogP contribution is -2.55. The predicted octanol–water partition coefficient (Wildman–Crippen LogP) is 2.87. The van der Waals surface area contributed by atoms with E-state index in [1.165, 1.54) is 6.20 Å². The molecule has 3 atom stereocenters. The number of thiazole rings is 1. The molecule has 0 spiro atoms. The molecule has 5 rings (SSSR count). The van der Waals surface area contributed by atoms with Gasteiger partial charge < -0.3 is 15.0 Å². The van der Waals surface area contributed by atoms with Crippen LogP contribution in [-0.2, 0) is 20.5 Å². The number of fused-ring (bicyclic) bond motifs is 1. The first-order valence-electron chi connectivity index (χ1n) is 11.8. The summed E-state index contributed by atoms with van der Waals surface area (Å²) in [6, 6.07) is -1.40. The SMILES string of the molecule is O=C(NC(C(=O)N1CC[C@H]2OCC(=O)[C@H]21)C1CCCCC1)c1ncc(-c2cnc(C(F)(F)F)nc2)s1. The van der Waals surface area contributed by atoms with Gasteiger partial charge in [0.1, 0.15) is 18.7 Å². The maximum absolute atomic E-state index is 13.6. The fourth-order valence-electron chi connectivity index (χ4n) is 5.19. The van der Waals surface area contributed by atoms with E-state index in [0.29, 0.717) is 23.4 Å². The van der Waals surface area contributed by atoms with E-state index in [4.69, 9.17) is 4.74 Å². The van der Waals surface area contributed by atoms with Gasteiger partial charge in [0.15, 0.2) is 10.8 Å². The Labute approximate surface area is 208 Å². The number of carbonyl (C=O) groups is 3. The molecule has 13 heteroatoms. The van der Waals surface area contributed by atoms with Gasteiger partial charge in [-0.15, -0.1) is 11.3 Å². The second kappa shape index (κ2) is 9.85. The number of rotatable bonds is 5. The minimum absolute atomic E-state index is 0.00484. The van der Waals surface area contributed by atoms with Crippen LogP contribution in [0.15, 0.2) is 18.6 Å². The maximum Gasteiger partial charge on any atom is 0.451 e. The van der Waals surface area contributed by atoms with Gasteiger partial charge in [-0.05, 0) is 25.2 Å². The molecule has 4 heterocycles. The number of likely N-dealkylation sites (tertiary alicyclic amines) is 1. The Morgan fingerprint density at radius 2 is 1.81 bits per heavy atom. The summed E-state index contributed by atoms with van der Waals surface area (Å²) in [5.74, 6) is -2.27. The summed E-state index contributed by atoms with van der Waals surface area (Å²) >= 11 is 0.972. The van der Waals surface area contributed by atoms with Crippen LogP contribution in [0.1, 0.15) is 54.2 Å². The van der Waals surface area contributed by atoms with Crippen molar-refractivity contribution in [3.63, 3.8) is 0 Å². The third kappa shape index (κ3) is 4.85. The first-order valence-corrected chi connectivity index (χ1v) is 12.6. The second-order valence-corrected chi connectivity index (χ2v) is 10.3. The summed E-state index contributed by atoms with van der Waals surface area (Å²) in [6.45, 7) is 0.392. The Hall–Kier alpha value is -2.93. The molecule has 0 aromatic carbocycles. The molecule has 36 heavy (non-hydrogen) atoms. The van der Waals surface area contributed by atoms with Crippen LogP contribution < -0.4 is 5.32 Å². The van der Waals surface area contributed by atoms with Crippen LogP contribution in [-0.4, -0.2) is 68.8 Å². The number of hydrogen-bond acceptors (Lipinski definition) is 8. The van der Waals surface area contributed by atoms with Crippen LogP contribution in [0.3, 0.4) is 0 Å². The first-order chi connectivity index (χ1) is 17.2. The van der Waals surface area contributed by atoms with Crippen molar-refractivity contribution in [3.8, 4) is 10.4 Å². The Balaban J connectivity index is 1.33. The molecule has 3 fully saturated rings. The van der Waals surface area contributed by atoms with Crippen LogP contribution in [0.4, 0.5) is 13.2 Å². The fraction of sp³-hybridized carbons (Fsp3) is 0.565. The van der Waals surface area contributed by atoms with E-state index in [2.05, 4.69) is 20.3 Å². The minimum Gasteiger partial charge on any atom is -0.368 e. The molecular formula is C23H24F3N5O4S. The van der Waals surface area contributed by atoms with Crippen molar-refractivity contribution < 1.29 is 32.3 Å². The molecular weight excluding hydrogens is 499 g/mol. The highest BCUT2D eigenvalue weighted by Gasteiger charge is 2.49. The normalized spacial score (nSPS) is 23.5. The van der Waals surface area contributed by atoms with E-state index in [0.717, 1.165) is 55.8 Å². The molecule has 3 aliphatic rings. The van der Waals surface area contributed by atoms with Gasteiger partial charge in [0.25, 0.3) is 5.91 Å². The van der Waals surface area contributed by atoms with Gasteiger partial charge in [-0.3, -0.25) is 14.4 Å². The molecule has 1 saturated carbocycles. The van der Waals surface area contributed by atoms with Crippen molar-refractivity contribution in [2.75, 3.05) is 13.2 Å². The fourth-order valence-corrected chi connectivity index (χ4v) is 5.98. The molecule has 2 saturated heterocycles. The first kappa shape index (κ1) is 24.8. The van der Waals surface area contributed by atoms with Crippen molar-refractivity contribution in [2.45, 2.75) is 62.9 Å². The van der Waals surface area contributed by atoms with E-state index in [1.54, 1.807) is 4.90 Å². The summed E-state index contributed by atoms with van der Waals surface area (Å²) in [5.41, 5.74) is 0.294. The lowest BCUT2D eigenvalue weighted by atomic mass is 9.83. The summed E-state index contributed by atoms with van der Waals surface area (Å²) in [4.78, 5) is 51.9. The predicted molar refractivity (Wildman–Crippen MR) is 121 cm³/mol. The number of amides is 2. The molecule has 1 N–H and O–H groups in total. The van der Waals surface area contributed by atoms with Crippen molar-refractivity contribution in [2.24, 2.45) is 5.92 Å². The minimum atomic E-state index is -4.65. The Bertz CT molecular complexity index is 1150. The highest BCUT2D eigenvalue weighted by Crippen LogP contribution is 2.33. The number of nitrogens with one attached hydrogen (secondary N) is 1. The van der Waals surface area contributed by atoms with Gasteiger partial charge in [0.05, 0.1) is 11.0 Å². The largest absolute Gasteiger partial charge is 0.451 e. The Morgan fingerprint density at radius 1 is 1.08 bits per heavy atom. The average molecular weight is 524 g/mol. The van der Waals surface area contributed by atoms with Crippen LogP contribution in [0.2, 0.25) is 0 Å². The number of aromatic nitrogens is 3. The highest BCUT2D eigenvalue weighted by atomic mass is 32.1. The quantitative estimate of drug-likeness (QED) is 0.641. The number of nitrogens with zero attached hydrogens (tertiary/aromatic N) is 4. The van der Waals surface area contributed by atoms with Crippen LogP contribution in [0.25, 0.3) is 10.4 Å². The Morgan fingerprint density at radius 3 is 2.50 bits per heavy atom. The van der Waals surface area contributed by atoms with Crippen molar-refractivity contribution in [1.29, 1.82) is 0 Å². The van der Waals surface area contributed by atoms with E-state index in [9.17, 15) is 27.6 Å². The summed E-state index contributed by atoms with van der Waals surface area (Å²) in [7, 11) is 0. The van der Waals surface area contributed by atoms with E-state index < -0.39 is 30.0 Å². The topological polar surface area (TPSA) is 114 Å². The average Bonchev–Trinajstić information content (AvgIpc) is 3.60. The van der Waals surface area contributed by atoms with E-state index in [1.807, 2.05) is 0 Å². The molecule has 1 unspecified atom stereocenters. The molecule has 2 aliphatic heterocycles. The summed E-state index contributed by atoms with van der Waals surface area (Å²) in [6.07, 6.45) is 3.61. The smallest absolute Gasteiger partial charge is 0.368 e. The number of halogens is 3. The van der Waals surface area contributed by atoms with Crippen molar-refractivity contribution in [3.05, 3.63) is 29.4 Å². The monoisotopic (exact) mass is 523 g/mol. The lowest BCUT2D eigenvalue weighted by Gasteiger charge is -2.34. The molecule has 1 aliphatic carbocycles. The van der Waals surface area contributed by atoms with Crippen molar-refractivity contribution in [1.82, 2.24) is 25.2 Å². The van der Waals surface area contributed by atoms with Gasteiger partial charge in [-0.25, -0.2) is 15.0 Å². The van der Waals surface area contributed by atoms with Gasteiger partial charge in [-0.1, -0.05) is 19.3 Å². The number of alkyl halides is 3. The van der Waals surface area contributed by atoms with Crippen LogP contribution in [0.5, 0.6) is 0 Å². The lowest BCUT2D eigenvalue weighted by molar-refractivity contribution is -0.145. The second-order valence-electron chi connectivity index (χ2n) is 9.25. The van der Waals surface area contributed by atoms with Gasteiger partial charge in [0, 0.05) is 30.7 Å². The number of carbonyl (C=O) groups excluding carboxylic acids is 3. The summed E-state index contributed by atoms with van der Waals surface area (Å²) in [5, 5.41) is 2.92. The van der Waals surface area contributed by atoms with Crippen molar-refractivity contribution >= 4 is 28.9 Å². The zero-order valence-corrected chi connectivity index (χ0v) is 20.0. The zero-order chi connectivity index (χ0) is 25.4. The zero-order valence-electron chi connectivity index (χ0n) is 19.2. The van der Waals surface area contributed by atoms with E-state index >= 15 is 0 Å². The number of ketones is 1. The Kier molecular flexibility index (Phi) is 6.77. The number of ether oxygens (including phenoxy) is 1. The van der Waals surface area contributed by atoms with E-state index in [-0.39, 0.29) is 35.3 Å². The number of Topliss-reactive ketones (excluding diaryl/α,β-unsaturated/α-hetero) is 1. The van der Waals surface area contributed by atoms with Gasteiger partial charge in [0.2, 0.25) is 11.7 Å². The van der Waals surface area contributed by atoms with Gasteiger partial charge >= 0.3 is 6.18 Å². The number of hydrogen-bond donors (Lipinski definition) is 1. The third-order valence-electron chi connectivity index (χ3n) is 6.96. The van der Waals surface area contributed by atoms with Gasteiger partial charge in [-0.2, -0.15) is 13.2 Å². The maximum atomic E-state index is 13.6. The molecule has 9 nitrogen and oxygen atoms in total. The molecule has 2 aromatic rings. The molecule has 0 radical (unpaired) electrons. The molecule has 0 bridgehead atoms.